The standard InChI is InChI=1S/C22H27ClN2O5/c1-10(2)17-14-6-7-15(17)19(22(28)29)18(14)21(27)25-24-20(26)12(4)30-16-8-5-13(23)9-11(16)3/h5,8-9,12,14-15,18-19H,6-7H2,1-4H3,(H,24,26)(H,25,27)(H,28,29)/t12-,14+,15-,18-,19-/m1/s1. The predicted molar refractivity (Wildman–Crippen MR) is 112 cm³/mol. The molecule has 2 aliphatic carbocycles. The zero-order valence-corrected chi connectivity index (χ0v) is 18.2. The summed E-state index contributed by atoms with van der Waals surface area (Å²) in [6, 6.07) is 5.07. The van der Waals surface area contributed by atoms with E-state index in [1.807, 2.05) is 20.8 Å². The Labute approximate surface area is 180 Å². The monoisotopic (exact) mass is 434 g/mol. The lowest BCUT2D eigenvalue weighted by atomic mass is 9.79. The van der Waals surface area contributed by atoms with Crippen molar-refractivity contribution >= 4 is 29.4 Å². The first kappa shape index (κ1) is 22.2. The van der Waals surface area contributed by atoms with Gasteiger partial charge in [-0.25, -0.2) is 0 Å². The van der Waals surface area contributed by atoms with Gasteiger partial charge in [0.2, 0.25) is 5.91 Å². The molecule has 2 saturated carbocycles. The van der Waals surface area contributed by atoms with Crippen LogP contribution in [0.25, 0.3) is 0 Å². The van der Waals surface area contributed by atoms with E-state index in [1.165, 1.54) is 0 Å². The van der Waals surface area contributed by atoms with Crippen LogP contribution in [0.15, 0.2) is 29.3 Å². The van der Waals surface area contributed by atoms with Gasteiger partial charge in [0.1, 0.15) is 5.75 Å². The van der Waals surface area contributed by atoms with Crippen LogP contribution in [0.3, 0.4) is 0 Å². The van der Waals surface area contributed by atoms with Gasteiger partial charge in [0.25, 0.3) is 5.91 Å². The number of aryl methyl sites for hydroxylation is 1. The zero-order chi connectivity index (χ0) is 22.2. The average Bonchev–Trinajstić information content (AvgIpc) is 3.24. The number of carbonyl (C=O) groups is 3. The molecule has 7 nitrogen and oxygen atoms in total. The zero-order valence-electron chi connectivity index (χ0n) is 17.5. The lowest BCUT2D eigenvalue weighted by Gasteiger charge is -2.26. The van der Waals surface area contributed by atoms with Gasteiger partial charge in [0.05, 0.1) is 11.8 Å². The van der Waals surface area contributed by atoms with Gasteiger partial charge in [-0.05, 0) is 76.1 Å². The van der Waals surface area contributed by atoms with E-state index in [2.05, 4.69) is 10.9 Å². The Morgan fingerprint density at radius 2 is 1.77 bits per heavy atom. The summed E-state index contributed by atoms with van der Waals surface area (Å²) >= 11 is 5.93. The second-order valence-electron chi connectivity index (χ2n) is 8.28. The van der Waals surface area contributed by atoms with E-state index in [-0.39, 0.29) is 11.8 Å². The molecule has 162 valence electrons. The molecule has 2 aliphatic rings. The molecule has 3 N–H and O–H groups in total. The first-order chi connectivity index (χ1) is 14.1. The molecule has 1 aromatic rings. The lowest BCUT2D eigenvalue weighted by Crippen LogP contribution is -2.51. The van der Waals surface area contributed by atoms with Crippen LogP contribution in [-0.4, -0.2) is 29.0 Å². The number of aliphatic carboxylic acids is 1. The number of allylic oxidation sites excluding steroid dienone is 2. The summed E-state index contributed by atoms with van der Waals surface area (Å²) < 4.78 is 5.65. The van der Waals surface area contributed by atoms with E-state index < -0.39 is 35.7 Å². The summed E-state index contributed by atoms with van der Waals surface area (Å²) in [7, 11) is 0. The highest BCUT2D eigenvalue weighted by atomic mass is 35.5. The topological polar surface area (TPSA) is 105 Å². The summed E-state index contributed by atoms with van der Waals surface area (Å²) in [5, 5.41) is 10.3. The molecule has 0 unspecified atom stereocenters. The Hall–Kier alpha value is -2.54. The summed E-state index contributed by atoms with van der Waals surface area (Å²) in [6.07, 6.45) is 0.703. The first-order valence-electron chi connectivity index (χ1n) is 10.0. The van der Waals surface area contributed by atoms with Gasteiger partial charge in [-0.3, -0.25) is 25.2 Å². The van der Waals surface area contributed by atoms with E-state index in [1.54, 1.807) is 25.1 Å². The number of hydrogen-bond acceptors (Lipinski definition) is 4. The maximum Gasteiger partial charge on any atom is 0.307 e. The van der Waals surface area contributed by atoms with Gasteiger partial charge < -0.3 is 9.84 Å². The van der Waals surface area contributed by atoms with Gasteiger partial charge in [-0.15, -0.1) is 0 Å². The Morgan fingerprint density at radius 1 is 1.13 bits per heavy atom. The normalized spacial score (nSPS) is 25.6. The molecule has 3 rings (SSSR count). The van der Waals surface area contributed by atoms with Crippen LogP contribution >= 0.6 is 11.6 Å². The molecule has 0 aromatic heterocycles. The number of halogens is 1. The number of fused-ring (bicyclic) bond motifs is 2. The fraction of sp³-hybridized carbons (Fsp3) is 0.500. The molecule has 5 atom stereocenters. The molecule has 0 saturated heterocycles. The SMILES string of the molecule is CC(C)=C1[C@H]2CC[C@@H]1[C@@H](C(=O)NNC(=O)[C@@H](C)Oc1ccc(Cl)cc1C)[C@@H]2C(=O)O. The quantitative estimate of drug-likeness (QED) is 0.487. The molecule has 2 amide bonds. The molecule has 0 aliphatic heterocycles. The van der Waals surface area contributed by atoms with Crippen LogP contribution in [0.5, 0.6) is 5.75 Å². The van der Waals surface area contributed by atoms with Crippen molar-refractivity contribution in [1.29, 1.82) is 0 Å². The van der Waals surface area contributed by atoms with Gasteiger partial charge in [0, 0.05) is 5.02 Å². The highest BCUT2D eigenvalue weighted by Gasteiger charge is 2.57. The second-order valence-corrected chi connectivity index (χ2v) is 8.72. The predicted octanol–water partition coefficient (Wildman–Crippen LogP) is 3.26. The Bertz CT molecular complexity index is 909. The molecule has 2 fully saturated rings. The van der Waals surface area contributed by atoms with Crippen molar-refractivity contribution in [2.24, 2.45) is 23.7 Å². The third-order valence-electron chi connectivity index (χ3n) is 6.13. The maximum absolute atomic E-state index is 12.8. The fourth-order valence-electron chi connectivity index (χ4n) is 4.90. The summed E-state index contributed by atoms with van der Waals surface area (Å²) in [5.41, 5.74) is 7.74. The summed E-state index contributed by atoms with van der Waals surface area (Å²) in [5.74, 6) is -3.13. The van der Waals surface area contributed by atoms with Crippen molar-refractivity contribution < 1.29 is 24.2 Å². The largest absolute Gasteiger partial charge is 0.481 e. The van der Waals surface area contributed by atoms with Crippen molar-refractivity contribution in [3.8, 4) is 5.75 Å². The van der Waals surface area contributed by atoms with Crippen molar-refractivity contribution in [3.05, 3.63) is 39.9 Å². The van der Waals surface area contributed by atoms with Crippen LogP contribution in [0.2, 0.25) is 5.02 Å². The van der Waals surface area contributed by atoms with Gasteiger partial charge in [-0.1, -0.05) is 22.7 Å². The van der Waals surface area contributed by atoms with Gasteiger partial charge >= 0.3 is 5.97 Å². The lowest BCUT2D eigenvalue weighted by molar-refractivity contribution is -0.150. The molecule has 1 aromatic carbocycles. The number of amides is 2. The van der Waals surface area contributed by atoms with Crippen LogP contribution in [-0.2, 0) is 14.4 Å². The van der Waals surface area contributed by atoms with Crippen LogP contribution < -0.4 is 15.6 Å². The minimum atomic E-state index is -0.970. The number of hydrogen-bond donors (Lipinski definition) is 3. The molecule has 0 radical (unpaired) electrons. The van der Waals surface area contributed by atoms with E-state index in [9.17, 15) is 19.5 Å². The molecular formula is C22H27ClN2O5. The van der Waals surface area contributed by atoms with E-state index >= 15 is 0 Å². The number of nitrogens with one attached hydrogen (secondary N) is 2. The van der Waals surface area contributed by atoms with Crippen molar-refractivity contribution in [3.63, 3.8) is 0 Å². The summed E-state index contributed by atoms with van der Waals surface area (Å²) in [6.45, 7) is 7.29. The number of rotatable bonds is 5. The summed E-state index contributed by atoms with van der Waals surface area (Å²) in [4.78, 5) is 37.1. The Morgan fingerprint density at radius 3 is 2.33 bits per heavy atom. The van der Waals surface area contributed by atoms with Crippen LogP contribution in [0.4, 0.5) is 0 Å². The number of carboxylic acids is 1. The fourth-order valence-corrected chi connectivity index (χ4v) is 5.13. The maximum atomic E-state index is 12.8. The Kier molecular flexibility index (Phi) is 6.41. The molecule has 0 heterocycles. The number of carbonyl (C=O) groups excluding carboxylic acids is 2. The van der Waals surface area contributed by atoms with Crippen LogP contribution in [0, 0.1) is 30.6 Å². The number of ether oxygens (including phenoxy) is 1. The molecule has 2 bridgehead atoms. The number of carboxylic acid groups (broad SMARTS) is 1. The smallest absolute Gasteiger partial charge is 0.307 e. The first-order valence-corrected chi connectivity index (χ1v) is 10.4. The minimum absolute atomic E-state index is 0.0941. The Balaban J connectivity index is 1.64. The highest BCUT2D eigenvalue weighted by molar-refractivity contribution is 6.30. The van der Waals surface area contributed by atoms with E-state index in [0.29, 0.717) is 10.8 Å². The third-order valence-corrected chi connectivity index (χ3v) is 6.36. The molecule has 0 spiro atoms. The van der Waals surface area contributed by atoms with Crippen molar-refractivity contribution in [2.45, 2.75) is 46.6 Å². The molecular weight excluding hydrogens is 408 g/mol. The number of hydrazine groups is 1. The van der Waals surface area contributed by atoms with Crippen molar-refractivity contribution in [2.75, 3.05) is 0 Å². The molecule has 8 heteroatoms. The third kappa shape index (κ3) is 4.17. The number of benzene rings is 1. The van der Waals surface area contributed by atoms with E-state index in [0.717, 1.165) is 29.6 Å². The van der Waals surface area contributed by atoms with Crippen molar-refractivity contribution in [1.82, 2.24) is 10.9 Å². The van der Waals surface area contributed by atoms with Crippen LogP contribution in [0.1, 0.15) is 39.2 Å². The second kappa shape index (κ2) is 8.68. The molecule has 30 heavy (non-hydrogen) atoms. The highest BCUT2D eigenvalue weighted by Crippen LogP contribution is 2.57. The average molecular weight is 435 g/mol. The van der Waals surface area contributed by atoms with E-state index in [4.69, 9.17) is 16.3 Å². The minimum Gasteiger partial charge on any atom is -0.481 e. The van der Waals surface area contributed by atoms with Gasteiger partial charge in [0.15, 0.2) is 6.10 Å². The van der Waals surface area contributed by atoms with Gasteiger partial charge in [-0.2, -0.15) is 0 Å².